The van der Waals surface area contributed by atoms with Crippen LogP contribution in [0.4, 0.5) is 0 Å². The third-order valence-corrected chi connectivity index (χ3v) is 2.82. The first-order valence-electron chi connectivity index (χ1n) is 5.14. The molecule has 2 rings (SSSR count). The highest BCUT2D eigenvalue weighted by atomic mass is 16.3. The van der Waals surface area contributed by atoms with Gasteiger partial charge in [-0.2, -0.15) is 0 Å². The van der Waals surface area contributed by atoms with Crippen molar-refractivity contribution in [1.29, 1.82) is 0 Å². The zero-order valence-corrected chi connectivity index (χ0v) is 9.09. The van der Waals surface area contributed by atoms with Gasteiger partial charge in [0, 0.05) is 11.3 Å². The van der Waals surface area contributed by atoms with Gasteiger partial charge in [-0.15, -0.1) is 0 Å². The third-order valence-electron chi connectivity index (χ3n) is 2.82. The molecule has 0 aromatic heterocycles. The van der Waals surface area contributed by atoms with Gasteiger partial charge in [-0.3, -0.25) is 0 Å². The first kappa shape index (κ1) is 11.0. The number of aliphatic hydroxyl groups excluding tert-OH is 2. The van der Waals surface area contributed by atoms with Gasteiger partial charge >= 0.3 is 0 Å². The summed E-state index contributed by atoms with van der Waals surface area (Å²) in [6.07, 6.45) is 0. The summed E-state index contributed by atoms with van der Waals surface area (Å²) in [4.78, 5) is 8.62. The van der Waals surface area contributed by atoms with E-state index in [1.807, 2.05) is 30.3 Å². The molecule has 4 nitrogen and oxygen atoms in total. The van der Waals surface area contributed by atoms with E-state index in [1.165, 1.54) is 0 Å². The van der Waals surface area contributed by atoms with Crippen LogP contribution in [0.15, 0.2) is 40.3 Å². The molecule has 0 saturated heterocycles. The Labute approximate surface area is 94.0 Å². The van der Waals surface area contributed by atoms with E-state index in [-0.39, 0.29) is 13.2 Å². The Morgan fingerprint density at radius 3 is 2.25 bits per heavy atom. The lowest BCUT2D eigenvalue weighted by Gasteiger charge is -2.20. The maximum atomic E-state index is 9.30. The van der Waals surface area contributed by atoms with Crippen molar-refractivity contribution in [3.8, 4) is 0 Å². The summed E-state index contributed by atoms with van der Waals surface area (Å²) in [5.74, 6) is 0.571. The van der Waals surface area contributed by atoms with Crippen LogP contribution in [0.2, 0.25) is 0 Å². The van der Waals surface area contributed by atoms with E-state index >= 15 is 0 Å². The van der Waals surface area contributed by atoms with Crippen molar-refractivity contribution >= 4 is 11.5 Å². The molecule has 1 aliphatic rings. The molecule has 1 heterocycles. The molecule has 84 valence electrons. The molecule has 0 atom stereocenters. The first-order valence-corrected chi connectivity index (χ1v) is 5.14. The average Bonchev–Trinajstić information content (AvgIpc) is 2.68. The van der Waals surface area contributed by atoms with Crippen LogP contribution in [0.1, 0.15) is 12.5 Å². The lowest BCUT2D eigenvalue weighted by atomic mass is 9.98. The highest BCUT2D eigenvalue weighted by molar-refractivity contribution is 6.14. The van der Waals surface area contributed by atoms with Crippen LogP contribution in [-0.4, -0.2) is 40.5 Å². The molecular weight excluding hydrogens is 204 g/mol. The van der Waals surface area contributed by atoms with Crippen molar-refractivity contribution in [2.24, 2.45) is 9.98 Å². The van der Waals surface area contributed by atoms with Crippen molar-refractivity contribution in [2.45, 2.75) is 12.5 Å². The van der Waals surface area contributed by atoms with E-state index < -0.39 is 5.54 Å². The minimum absolute atomic E-state index is 0.227. The minimum Gasteiger partial charge on any atom is -0.393 e. The molecule has 2 N–H and O–H groups in total. The van der Waals surface area contributed by atoms with Gasteiger partial charge in [0.1, 0.15) is 5.54 Å². The second kappa shape index (κ2) is 4.15. The monoisotopic (exact) mass is 218 g/mol. The Morgan fingerprint density at radius 1 is 1.12 bits per heavy atom. The summed E-state index contributed by atoms with van der Waals surface area (Å²) in [6.45, 7) is 1.32. The number of hydrogen-bond acceptors (Lipinski definition) is 4. The highest BCUT2D eigenvalue weighted by Crippen LogP contribution is 2.22. The zero-order valence-electron chi connectivity index (χ0n) is 9.09. The Bertz CT molecular complexity index is 434. The van der Waals surface area contributed by atoms with Crippen LogP contribution in [0.3, 0.4) is 0 Å². The molecule has 0 bridgehead atoms. The van der Waals surface area contributed by atoms with E-state index in [4.69, 9.17) is 0 Å². The molecule has 1 aliphatic heterocycles. The summed E-state index contributed by atoms with van der Waals surface area (Å²) in [5, 5.41) is 18.6. The molecule has 0 radical (unpaired) electrons. The van der Waals surface area contributed by atoms with Crippen LogP contribution in [0.25, 0.3) is 0 Å². The summed E-state index contributed by atoms with van der Waals surface area (Å²) < 4.78 is 0. The van der Waals surface area contributed by atoms with E-state index in [0.29, 0.717) is 11.5 Å². The number of hydrogen-bond donors (Lipinski definition) is 2. The minimum atomic E-state index is -0.939. The molecular formula is C12H14N2O2. The topological polar surface area (TPSA) is 65.2 Å². The molecule has 0 unspecified atom stereocenters. The van der Waals surface area contributed by atoms with E-state index in [1.54, 1.807) is 6.92 Å². The molecule has 0 spiro atoms. The molecule has 0 amide bonds. The van der Waals surface area contributed by atoms with Gasteiger partial charge in [0.25, 0.3) is 0 Å². The Kier molecular flexibility index (Phi) is 2.85. The molecule has 1 aromatic carbocycles. The van der Waals surface area contributed by atoms with Crippen LogP contribution >= 0.6 is 0 Å². The van der Waals surface area contributed by atoms with Crippen molar-refractivity contribution < 1.29 is 10.2 Å². The summed E-state index contributed by atoms with van der Waals surface area (Å²) in [5.41, 5.74) is 0.604. The quantitative estimate of drug-likeness (QED) is 0.781. The fourth-order valence-corrected chi connectivity index (χ4v) is 1.64. The summed E-state index contributed by atoms with van der Waals surface area (Å²) >= 11 is 0. The van der Waals surface area contributed by atoms with Crippen LogP contribution in [-0.2, 0) is 0 Å². The van der Waals surface area contributed by atoms with Crippen LogP contribution in [0, 0.1) is 0 Å². The smallest absolute Gasteiger partial charge is 0.155 e. The maximum absolute atomic E-state index is 9.30. The molecule has 0 saturated carbocycles. The Morgan fingerprint density at radius 2 is 1.75 bits per heavy atom. The Balaban J connectivity index is 2.40. The predicted molar refractivity (Wildman–Crippen MR) is 63.0 cm³/mol. The van der Waals surface area contributed by atoms with Gasteiger partial charge in [-0.05, 0) is 6.92 Å². The predicted octanol–water partition coefficient (Wildman–Crippen LogP) is 0.631. The van der Waals surface area contributed by atoms with Crippen LogP contribution in [0.5, 0.6) is 0 Å². The second-order valence-electron chi connectivity index (χ2n) is 3.85. The fraction of sp³-hybridized carbons (Fsp3) is 0.333. The number of benzene rings is 1. The molecule has 16 heavy (non-hydrogen) atoms. The first-order chi connectivity index (χ1) is 7.72. The van der Waals surface area contributed by atoms with E-state index in [9.17, 15) is 10.2 Å². The second-order valence-corrected chi connectivity index (χ2v) is 3.85. The van der Waals surface area contributed by atoms with Crippen molar-refractivity contribution in [3.05, 3.63) is 35.9 Å². The lowest BCUT2D eigenvalue weighted by Crippen LogP contribution is -2.40. The molecule has 0 aliphatic carbocycles. The maximum Gasteiger partial charge on any atom is 0.155 e. The van der Waals surface area contributed by atoms with Gasteiger partial charge in [0.05, 0.1) is 13.2 Å². The Hall–Kier alpha value is -1.52. The fourth-order valence-electron chi connectivity index (χ4n) is 1.64. The lowest BCUT2D eigenvalue weighted by molar-refractivity contribution is 0.166. The summed E-state index contributed by atoms with van der Waals surface area (Å²) in [7, 11) is 0. The summed E-state index contributed by atoms with van der Waals surface area (Å²) in [6, 6.07) is 9.53. The SMILES string of the molecule is CC1=NC(c2ccccc2)=NC1(CO)CO. The van der Waals surface area contributed by atoms with Crippen LogP contribution < -0.4 is 0 Å². The van der Waals surface area contributed by atoms with Gasteiger partial charge < -0.3 is 10.2 Å². The van der Waals surface area contributed by atoms with Gasteiger partial charge in [-0.1, -0.05) is 30.3 Å². The molecule has 4 heteroatoms. The van der Waals surface area contributed by atoms with Crippen molar-refractivity contribution in [1.82, 2.24) is 0 Å². The third kappa shape index (κ3) is 1.66. The number of rotatable bonds is 3. The van der Waals surface area contributed by atoms with Crippen molar-refractivity contribution in [3.63, 3.8) is 0 Å². The largest absolute Gasteiger partial charge is 0.393 e. The zero-order chi connectivity index (χ0) is 11.6. The van der Waals surface area contributed by atoms with Gasteiger partial charge in [-0.25, -0.2) is 9.98 Å². The normalized spacial score (nSPS) is 18.2. The number of nitrogens with zero attached hydrogens (tertiary/aromatic N) is 2. The van der Waals surface area contributed by atoms with Crippen molar-refractivity contribution in [2.75, 3.05) is 13.2 Å². The van der Waals surface area contributed by atoms with E-state index in [0.717, 1.165) is 5.56 Å². The van der Waals surface area contributed by atoms with Gasteiger partial charge in [0.2, 0.25) is 0 Å². The van der Waals surface area contributed by atoms with E-state index in [2.05, 4.69) is 9.98 Å². The highest BCUT2D eigenvalue weighted by Gasteiger charge is 2.36. The average molecular weight is 218 g/mol. The molecule has 1 aromatic rings. The standard InChI is InChI=1S/C12H14N2O2/c1-9-12(7-15,8-16)14-11(13-9)10-5-3-2-4-6-10/h2-6,15-16H,7-8H2,1H3. The molecule has 0 fully saturated rings. The van der Waals surface area contributed by atoms with Gasteiger partial charge in [0.15, 0.2) is 5.84 Å². The number of amidine groups is 1. The number of aliphatic imine (C=N–C) groups is 2. The number of aliphatic hydroxyl groups is 2.